The van der Waals surface area contributed by atoms with E-state index < -0.39 is 5.91 Å². The number of hydrogen-bond donors (Lipinski definition) is 1. The lowest BCUT2D eigenvalue weighted by Crippen LogP contribution is -2.23. The van der Waals surface area contributed by atoms with Crippen molar-refractivity contribution in [1.82, 2.24) is 5.32 Å². The van der Waals surface area contributed by atoms with Gasteiger partial charge in [0.1, 0.15) is 35.6 Å². The van der Waals surface area contributed by atoms with E-state index in [9.17, 15) is 14.4 Å². The minimum atomic E-state index is -0.475. The molecule has 0 saturated carbocycles. The van der Waals surface area contributed by atoms with Crippen LogP contribution in [0.15, 0.2) is 75.2 Å². The first-order valence-corrected chi connectivity index (χ1v) is 11.4. The Bertz CT molecular complexity index is 1180. The molecule has 8 heteroatoms. The van der Waals surface area contributed by atoms with Gasteiger partial charge in [-0.2, -0.15) is 5.26 Å². The Balaban J connectivity index is 1.68. The zero-order chi connectivity index (χ0) is 23.8. The van der Waals surface area contributed by atoms with Crippen LogP contribution in [0.2, 0.25) is 0 Å². The molecule has 0 bridgehead atoms. The maximum absolute atomic E-state index is 13.1. The van der Waals surface area contributed by atoms with E-state index in [4.69, 9.17) is 9.47 Å². The molecule has 0 aliphatic heterocycles. The Morgan fingerprint density at radius 3 is 2.24 bits per heavy atom. The van der Waals surface area contributed by atoms with Crippen LogP contribution in [0.5, 0.6) is 11.5 Å². The molecule has 0 unspecified atom stereocenters. The predicted molar refractivity (Wildman–Crippen MR) is 131 cm³/mol. The molecule has 0 aliphatic rings. The van der Waals surface area contributed by atoms with Crippen LogP contribution >= 0.6 is 31.9 Å². The van der Waals surface area contributed by atoms with Crippen molar-refractivity contribution in [1.29, 1.82) is 5.26 Å². The molecule has 3 rings (SSSR count). The number of carbonyl (C=O) groups is 1. The second-order valence-corrected chi connectivity index (χ2v) is 8.64. The number of ether oxygens (including phenoxy) is 2. The molecule has 3 aromatic rings. The molecule has 0 saturated heterocycles. The lowest BCUT2D eigenvalue weighted by atomic mass is 10.1. The van der Waals surface area contributed by atoms with Crippen LogP contribution in [-0.4, -0.2) is 13.0 Å². The van der Waals surface area contributed by atoms with Crippen molar-refractivity contribution in [2.75, 3.05) is 7.11 Å². The van der Waals surface area contributed by atoms with Crippen LogP contribution in [0.4, 0.5) is 4.39 Å². The van der Waals surface area contributed by atoms with Gasteiger partial charge in [-0.1, -0.05) is 24.3 Å². The number of methoxy groups -OCH3 is 1. The van der Waals surface area contributed by atoms with Gasteiger partial charge < -0.3 is 14.8 Å². The van der Waals surface area contributed by atoms with E-state index in [0.717, 1.165) is 16.9 Å². The number of rotatable bonds is 8. The van der Waals surface area contributed by atoms with Gasteiger partial charge in [0.25, 0.3) is 5.91 Å². The normalized spacial score (nSPS) is 10.9. The van der Waals surface area contributed by atoms with Gasteiger partial charge in [-0.05, 0) is 91.0 Å². The van der Waals surface area contributed by atoms with Crippen LogP contribution < -0.4 is 14.8 Å². The molecule has 3 aromatic carbocycles. The molecular weight excluding hydrogens is 555 g/mol. The topological polar surface area (TPSA) is 71.3 Å². The summed E-state index contributed by atoms with van der Waals surface area (Å²) in [6.45, 7) is 0.537. The van der Waals surface area contributed by atoms with Crippen molar-refractivity contribution >= 4 is 43.8 Å². The summed E-state index contributed by atoms with van der Waals surface area (Å²) in [4.78, 5) is 12.5. The third-order valence-corrected chi connectivity index (χ3v) is 5.78. The van der Waals surface area contributed by atoms with Crippen molar-refractivity contribution in [3.8, 4) is 17.6 Å². The van der Waals surface area contributed by atoms with E-state index in [1.807, 2.05) is 18.2 Å². The number of nitriles is 1. The van der Waals surface area contributed by atoms with Gasteiger partial charge in [0.2, 0.25) is 0 Å². The Morgan fingerprint density at radius 2 is 1.67 bits per heavy atom. The van der Waals surface area contributed by atoms with Crippen LogP contribution in [-0.2, 0) is 17.9 Å². The number of nitrogens with zero attached hydrogens (tertiary/aromatic N) is 1. The number of hydrogen-bond acceptors (Lipinski definition) is 4. The lowest BCUT2D eigenvalue weighted by Gasteiger charge is -2.12. The van der Waals surface area contributed by atoms with Crippen molar-refractivity contribution in [2.45, 2.75) is 13.2 Å². The molecule has 0 aromatic heterocycles. The third kappa shape index (κ3) is 6.91. The molecule has 0 fully saturated rings. The average Bonchev–Trinajstić information content (AvgIpc) is 2.82. The van der Waals surface area contributed by atoms with Crippen LogP contribution in [0.1, 0.15) is 16.7 Å². The molecule has 0 aliphatic carbocycles. The Morgan fingerprint density at radius 1 is 1.06 bits per heavy atom. The summed E-state index contributed by atoms with van der Waals surface area (Å²) in [5.74, 6) is 0.499. The van der Waals surface area contributed by atoms with Crippen LogP contribution in [0.25, 0.3) is 6.08 Å². The van der Waals surface area contributed by atoms with E-state index in [1.165, 1.54) is 18.2 Å². The van der Waals surface area contributed by atoms with E-state index in [2.05, 4.69) is 37.2 Å². The summed E-state index contributed by atoms with van der Waals surface area (Å²) in [5.41, 5.74) is 2.32. The molecule has 1 amide bonds. The average molecular weight is 574 g/mol. The van der Waals surface area contributed by atoms with Crippen molar-refractivity contribution in [3.63, 3.8) is 0 Å². The SMILES string of the molecule is COc1ccc(CNC(=O)/C(C#N)=C\c2cc(Br)c(OCc3ccc(F)cc3)c(Br)c2)cc1. The molecule has 0 radical (unpaired) electrons. The Kier molecular flexibility index (Phi) is 8.64. The minimum absolute atomic E-state index is 0.0257. The first kappa shape index (κ1) is 24.5. The molecule has 0 atom stereocenters. The second kappa shape index (κ2) is 11.6. The van der Waals surface area contributed by atoms with Gasteiger partial charge in [-0.15, -0.1) is 0 Å². The smallest absolute Gasteiger partial charge is 0.262 e. The maximum atomic E-state index is 13.1. The van der Waals surface area contributed by atoms with Gasteiger partial charge >= 0.3 is 0 Å². The largest absolute Gasteiger partial charge is 0.497 e. The van der Waals surface area contributed by atoms with Crippen molar-refractivity contribution in [3.05, 3.63) is 97.7 Å². The fourth-order valence-corrected chi connectivity index (χ4v) is 4.32. The van der Waals surface area contributed by atoms with E-state index in [1.54, 1.807) is 43.5 Å². The third-order valence-electron chi connectivity index (χ3n) is 4.61. The molecular formula is C25H19Br2FN2O3. The highest BCUT2D eigenvalue weighted by Gasteiger charge is 2.13. The summed E-state index contributed by atoms with van der Waals surface area (Å²) in [6, 6.07) is 18.8. The number of amides is 1. The summed E-state index contributed by atoms with van der Waals surface area (Å²) < 4.78 is 25.3. The van der Waals surface area contributed by atoms with Crippen molar-refractivity contribution < 1.29 is 18.7 Å². The summed E-state index contributed by atoms with van der Waals surface area (Å²) >= 11 is 6.93. The zero-order valence-corrected chi connectivity index (χ0v) is 20.7. The first-order valence-electron chi connectivity index (χ1n) is 9.79. The Labute approximate surface area is 208 Å². The van der Waals surface area contributed by atoms with Crippen molar-refractivity contribution in [2.24, 2.45) is 0 Å². The Hall–Kier alpha value is -3.15. The number of halogens is 3. The summed E-state index contributed by atoms with van der Waals surface area (Å²) in [7, 11) is 1.59. The number of carbonyl (C=O) groups excluding carboxylic acids is 1. The van der Waals surface area contributed by atoms with Gasteiger partial charge in [-0.3, -0.25) is 4.79 Å². The second-order valence-electron chi connectivity index (χ2n) is 6.93. The van der Waals surface area contributed by atoms with Gasteiger partial charge in [-0.25, -0.2) is 4.39 Å². The zero-order valence-electron chi connectivity index (χ0n) is 17.6. The maximum Gasteiger partial charge on any atom is 0.262 e. The number of nitrogens with one attached hydrogen (secondary N) is 1. The van der Waals surface area contributed by atoms with Crippen LogP contribution in [0, 0.1) is 17.1 Å². The molecule has 33 heavy (non-hydrogen) atoms. The molecule has 0 spiro atoms. The fraction of sp³-hybridized carbons (Fsp3) is 0.120. The predicted octanol–water partition coefficient (Wildman–Crippen LogP) is 6.16. The highest BCUT2D eigenvalue weighted by molar-refractivity contribution is 9.11. The molecule has 5 nitrogen and oxygen atoms in total. The fourth-order valence-electron chi connectivity index (χ4n) is 2.87. The number of benzene rings is 3. The highest BCUT2D eigenvalue weighted by atomic mass is 79.9. The van der Waals surface area contributed by atoms with Crippen LogP contribution in [0.3, 0.4) is 0 Å². The minimum Gasteiger partial charge on any atom is -0.497 e. The van der Waals surface area contributed by atoms with Gasteiger partial charge in [0, 0.05) is 6.54 Å². The van der Waals surface area contributed by atoms with Gasteiger partial charge in [0.15, 0.2) is 0 Å². The molecule has 0 heterocycles. The standard InChI is InChI=1S/C25H19Br2FN2O3/c1-32-21-8-4-16(5-9-21)14-30-25(31)19(13-29)10-18-11-22(26)24(23(27)12-18)33-15-17-2-6-20(28)7-3-17/h2-12H,14-15H2,1H3,(H,30,31)/b19-10-. The quantitative estimate of drug-likeness (QED) is 0.259. The summed E-state index contributed by atoms with van der Waals surface area (Å²) in [6.07, 6.45) is 1.50. The van der Waals surface area contributed by atoms with E-state index in [0.29, 0.717) is 20.3 Å². The van der Waals surface area contributed by atoms with Gasteiger partial charge in [0.05, 0.1) is 16.1 Å². The molecule has 168 valence electrons. The highest BCUT2D eigenvalue weighted by Crippen LogP contribution is 2.36. The monoisotopic (exact) mass is 572 g/mol. The van der Waals surface area contributed by atoms with E-state index >= 15 is 0 Å². The summed E-state index contributed by atoms with van der Waals surface area (Å²) in [5, 5.41) is 12.2. The van der Waals surface area contributed by atoms with E-state index in [-0.39, 0.29) is 24.5 Å². The first-order chi connectivity index (χ1) is 15.9. The lowest BCUT2D eigenvalue weighted by molar-refractivity contribution is -0.117. The molecule has 1 N–H and O–H groups in total.